The maximum Gasteiger partial charge on any atom is 0.364 e. The monoisotopic (exact) mass is 449 g/mol. The van der Waals surface area contributed by atoms with E-state index in [2.05, 4.69) is 16.0 Å². The third-order valence-corrected chi connectivity index (χ3v) is 4.50. The Kier molecular flexibility index (Phi) is 8.90. The lowest BCUT2D eigenvalue weighted by atomic mass is 9.88. The Morgan fingerprint density at radius 1 is 1.19 bits per heavy atom. The molecule has 7 N–H and O–H groups in total. The Balaban J connectivity index is 2.96. The third kappa shape index (κ3) is 7.11. The topological polar surface area (TPSA) is 204 Å². The third-order valence-electron chi connectivity index (χ3n) is 4.50. The summed E-state index contributed by atoms with van der Waals surface area (Å²) >= 11 is 0. The number of nitrogens with one attached hydrogen (secondary N) is 3. The van der Waals surface area contributed by atoms with E-state index >= 15 is 0 Å². The number of hydrogen-bond donors (Lipinski definition) is 7. The zero-order valence-corrected chi connectivity index (χ0v) is 18.0. The average molecular weight is 449 g/mol. The van der Waals surface area contributed by atoms with E-state index in [-0.39, 0.29) is 0 Å². The summed E-state index contributed by atoms with van der Waals surface area (Å²) in [4.78, 5) is 46.8. The molecule has 1 heterocycles. The average Bonchev–Trinajstić information content (AvgIpc) is 2.64. The van der Waals surface area contributed by atoms with Gasteiger partial charge in [0, 0.05) is 32.5 Å². The van der Waals surface area contributed by atoms with E-state index in [1.165, 1.54) is 0 Å². The maximum absolute atomic E-state index is 11.9. The molecule has 13 heteroatoms. The molecule has 3 amide bonds. The van der Waals surface area contributed by atoms with Crippen LogP contribution < -0.4 is 16.0 Å². The lowest BCUT2D eigenvalue weighted by Crippen LogP contribution is -2.68. The van der Waals surface area contributed by atoms with Gasteiger partial charge in [-0.3, -0.25) is 14.4 Å². The van der Waals surface area contributed by atoms with Crippen LogP contribution in [0.1, 0.15) is 34.1 Å². The molecule has 0 aliphatic carbocycles. The number of carboxylic acid groups (broad SMARTS) is 1. The van der Waals surface area contributed by atoms with E-state index in [1.807, 2.05) is 0 Å². The summed E-state index contributed by atoms with van der Waals surface area (Å²) in [5.41, 5.74) is -0.676. The first-order chi connectivity index (χ1) is 14.1. The van der Waals surface area contributed by atoms with E-state index in [1.54, 1.807) is 20.8 Å². The molecule has 0 saturated carbocycles. The number of hydrogen-bond acceptors (Lipinski definition) is 9. The van der Waals surface area contributed by atoms with Crippen LogP contribution in [0, 0.1) is 0 Å². The maximum atomic E-state index is 11.9. The Morgan fingerprint density at radius 3 is 2.23 bits per heavy atom. The number of carboxylic acids is 1. The van der Waals surface area contributed by atoms with Crippen molar-refractivity contribution in [1.29, 1.82) is 0 Å². The second-order valence-electron chi connectivity index (χ2n) is 8.31. The fourth-order valence-corrected chi connectivity index (χ4v) is 3.03. The molecule has 0 aromatic heterocycles. The number of amides is 3. The van der Waals surface area contributed by atoms with E-state index in [9.17, 15) is 39.6 Å². The molecular weight excluding hydrogens is 418 g/mol. The van der Waals surface area contributed by atoms with Gasteiger partial charge in [-0.25, -0.2) is 4.79 Å². The molecule has 0 unspecified atom stereocenters. The van der Waals surface area contributed by atoms with Gasteiger partial charge in [0.05, 0.1) is 18.2 Å². The fraction of sp³-hybridized carbons (Fsp3) is 0.778. The molecule has 0 radical (unpaired) electrons. The molecule has 31 heavy (non-hydrogen) atoms. The molecule has 13 nitrogen and oxygen atoms in total. The number of aliphatic hydroxyl groups is 3. The van der Waals surface area contributed by atoms with Gasteiger partial charge in [-0.2, -0.15) is 0 Å². The molecule has 1 saturated heterocycles. The van der Waals surface area contributed by atoms with Gasteiger partial charge in [0.2, 0.25) is 5.91 Å². The van der Waals surface area contributed by atoms with Crippen molar-refractivity contribution >= 4 is 23.7 Å². The van der Waals surface area contributed by atoms with Crippen molar-refractivity contribution in [2.75, 3.05) is 13.7 Å². The van der Waals surface area contributed by atoms with Crippen molar-refractivity contribution in [2.45, 2.75) is 75.9 Å². The molecule has 178 valence electrons. The normalized spacial score (nSPS) is 28.2. The van der Waals surface area contributed by atoms with Crippen LogP contribution in [0.5, 0.6) is 0 Å². The number of aliphatic hydroxyl groups excluding tert-OH is 3. The highest BCUT2D eigenvalue weighted by Gasteiger charge is 2.55. The summed E-state index contributed by atoms with van der Waals surface area (Å²) in [6, 6.07) is -1.29. The van der Waals surface area contributed by atoms with Gasteiger partial charge in [0.25, 0.3) is 5.79 Å². The molecule has 0 aromatic rings. The Morgan fingerprint density at radius 2 is 1.77 bits per heavy atom. The first-order valence-corrected chi connectivity index (χ1v) is 9.51. The van der Waals surface area contributed by atoms with Gasteiger partial charge < -0.3 is 45.9 Å². The predicted octanol–water partition coefficient (Wildman–Crippen LogP) is -3.18. The van der Waals surface area contributed by atoms with Crippen LogP contribution in [0.3, 0.4) is 0 Å². The van der Waals surface area contributed by atoms with Crippen molar-refractivity contribution in [1.82, 2.24) is 16.0 Å². The highest BCUT2D eigenvalue weighted by molar-refractivity contribution is 6.35. The van der Waals surface area contributed by atoms with E-state index in [0.717, 1.165) is 14.0 Å². The van der Waals surface area contributed by atoms with Crippen molar-refractivity contribution < 1.29 is 49.1 Å². The zero-order valence-electron chi connectivity index (χ0n) is 18.0. The molecule has 1 aliphatic rings. The largest absolute Gasteiger partial charge is 0.477 e. The van der Waals surface area contributed by atoms with Crippen LogP contribution in [-0.2, 0) is 28.7 Å². The van der Waals surface area contributed by atoms with Crippen LogP contribution in [-0.4, -0.2) is 99.6 Å². The van der Waals surface area contributed by atoms with Gasteiger partial charge in [-0.05, 0) is 20.8 Å². The number of ether oxygens (including phenoxy) is 2. The van der Waals surface area contributed by atoms with Gasteiger partial charge in [-0.1, -0.05) is 0 Å². The lowest BCUT2D eigenvalue weighted by Gasteiger charge is -2.46. The predicted molar refractivity (Wildman–Crippen MR) is 103 cm³/mol. The van der Waals surface area contributed by atoms with E-state index in [0.29, 0.717) is 0 Å². The van der Waals surface area contributed by atoms with Crippen molar-refractivity contribution in [3.63, 3.8) is 0 Å². The second kappa shape index (κ2) is 10.3. The SMILES string of the molecule is CO[C@]1(C(=O)O)C[C@H](O)[C@@H](NC(C)=O)[C@H]([C@H](O)[C@H](O)CNC(=O)C(=O)NC(C)(C)C)O1. The van der Waals surface area contributed by atoms with Crippen LogP contribution in [0.25, 0.3) is 0 Å². The molecule has 6 atom stereocenters. The summed E-state index contributed by atoms with van der Waals surface area (Å²) in [7, 11) is 1.02. The first-order valence-electron chi connectivity index (χ1n) is 9.51. The van der Waals surface area contributed by atoms with E-state index in [4.69, 9.17) is 9.47 Å². The second-order valence-corrected chi connectivity index (χ2v) is 8.31. The minimum absolute atomic E-state index is 0.563. The summed E-state index contributed by atoms with van der Waals surface area (Å²) in [5, 5.41) is 47.6. The molecule has 1 fully saturated rings. The summed E-state index contributed by atoms with van der Waals surface area (Å²) in [6.07, 6.45) is -7.33. The Bertz CT molecular complexity index is 695. The van der Waals surface area contributed by atoms with Crippen molar-refractivity contribution in [2.24, 2.45) is 0 Å². The minimum Gasteiger partial charge on any atom is -0.477 e. The highest BCUT2D eigenvalue weighted by atomic mass is 16.7. The molecule has 1 aliphatic heterocycles. The number of carbonyl (C=O) groups is 4. The summed E-state index contributed by atoms with van der Waals surface area (Å²) < 4.78 is 10.3. The summed E-state index contributed by atoms with van der Waals surface area (Å²) in [5.74, 6) is -6.56. The lowest BCUT2D eigenvalue weighted by molar-refractivity contribution is -0.303. The van der Waals surface area contributed by atoms with Gasteiger partial charge in [0.15, 0.2) is 0 Å². The van der Waals surface area contributed by atoms with Crippen molar-refractivity contribution in [3.8, 4) is 0 Å². The molecule has 1 rings (SSSR count). The quantitative estimate of drug-likeness (QED) is 0.194. The van der Waals surface area contributed by atoms with Crippen LogP contribution in [0.4, 0.5) is 0 Å². The van der Waals surface area contributed by atoms with Crippen LogP contribution >= 0.6 is 0 Å². The Labute approximate surface area is 179 Å². The first kappa shape index (κ1) is 26.7. The molecule has 0 bridgehead atoms. The van der Waals surface area contributed by atoms with Crippen LogP contribution in [0.15, 0.2) is 0 Å². The van der Waals surface area contributed by atoms with Crippen LogP contribution in [0.2, 0.25) is 0 Å². The highest BCUT2D eigenvalue weighted by Crippen LogP contribution is 2.32. The number of carbonyl (C=O) groups excluding carboxylic acids is 3. The fourth-order valence-electron chi connectivity index (χ4n) is 3.03. The van der Waals surface area contributed by atoms with E-state index < -0.39 is 78.4 Å². The molecule has 0 aromatic carbocycles. The molecule has 0 spiro atoms. The van der Waals surface area contributed by atoms with Gasteiger partial charge in [-0.15, -0.1) is 0 Å². The minimum atomic E-state index is -2.34. The molecular formula is C18H31N3O10. The number of aliphatic carboxylic acids is 1. The van der Waals surface area contributed by atoms with Gasteiger partial charge >= 0.3 is 17.8 Å². The summed E-state index contributed by atoms with van der Waals surface area (Å²) in [6.45, 7) is 5.52. The standard InChI is InChI=1S/C18H31N3O10/c1-8(22)20-11-9(23)6-18(30-5,16(28)29)31-13(11)12(25)10(24)7-19-14(26)15(27)21-17(2,3)4/h9-13,23-25H,6-7H2,1-5H3,(H,19,26)(H,20,22)(H,21,27)(H,28,29)/t9-,10+,11+,12+,13+,18+/m0/s1. The zero-order chi connectivity index (χ0) is 24.1. The van der Waals surface area contributed by atoms with Gasteiger partial charge in [0.1, 0.15) is 12.2 Å². The van der Waals surface area contributed by atoms with Crippen molar-refractivity contribution in [3.05, 3.63) is 0 Å². The number of rotatable bonds is 7. The smallest absolute Gasteiger partial charge is 0.364 e. The Hall–Kier alpha value is -2.32. The number of methoxy groups -OCH3 is 1.